The molecule has 0 radical (unpaired) electrons. The van der Waals surface area contributed by atoms with Crippen molar-refractivity contribution in [1.82, 2.24) is 4.72 Å². The van der Waals surface area contributed by atoms with Crippen LogP contribution in [0.5, 0.6) is 0 Å². The number of esters is 1. The number of benzene rings is 2. The predicted molar refractivity (Wildman–Crippen MR) is 97.7 cm³/mol. The molecule has 0 aliphatic rings. The van der Waals surface area contributed by atoms with Gasteiger partial charge in [0.2, 0.25) is 10.0 Å². The maximum absolute atomic E-state index is 13.7. The molecule has 1 amide bonds. The van der Waals surface area contributed by atoms with E-state index in [1.165, 1.54) is 31.3 Å². The van der Waals surface area contributed by atoms with Crippen LogP contribution in [0, 0.1) is 12.7 Å². The zero-order valence-corrected chi connectivity index (χ0v) is 15.9. The Bertz CT molecular complexity index is 995. The van der Waals surface area contributed by atoms with Gasteiger partial charge in [0.1, 0.15) is 10.7 Å². The number of nitrogens with one attached hydrogen (secondary N) is 2. The second-order valence-corrected chi connectivity index (χ2v) is 7.72. The van der Waals surface area contributed by atoms with Crippen LogP contribution in [0.2, 0.25) is 5.02 Å². The van der Waals surface area contributed by atoms with E-state index < -0.39 is 34.3 Å². The van der Waals surface area contributed by atoms with Crippen LogP contribution in [0.1, 0.15) is 15.9 Å². The van der Waals surface area contributed by atoms with Crippen LogP contribution in [-0.4, -0.2) is 33.9 Å². The zero-order chi connectivity index (χ0) is 20.2. The SMILES string of the molecule is CNS(=O)(=O)c1cc(C(=O)OCC(=O)Nc2ccc(C)cc2F)ccc1Cl. The molecule has 27 heavy (non-hydrogen) atoms. The Hall–Kier alpha value is -2.49. The summed E-state index contributed by atoms with van der Waals surface area (Å²) < 4.78 is 44.4. The van der Waals surface area contributed by atoms with Crippen molar-refractivity contribution in [3.05, 3.63) is 58.4 Å². The van der Waals surface area contributed by atoms with Gasteiger partial charge >= 0.3 is 5.97 Å². The number of rotatable bonds is 6. The molecule has 0 atom stereocenters. The van der Waals surface area contributed by atoms with Gasteiger partial charge < -0.3 is 10.1 Å². The lowest BCUT2D eigenvalue weighted by Gasteiger charge is -2.09. The number of carbonyl (C=O) groups excluding carboxylic acids is 2. The van der Waals surface area contributed by atoms with Gasteiger partial charge in [-0.3, -0.25) is 4.79 Å². The fourth-order valence-corrected chi connectivity index (χ4v) is 3.32. The van der Waals surface area contributed by atoms with Gasteiger partial charge in [-0.05, 0) is 49.9 Å². The minimum atomic E-state index is -3.88. The minimum Gasteiger partial charge on any atom is -0.452 e. The Morgan fingerprint density at radius 1 is 1.19 bits per heavy atom. The molecule has 144 valence electrons. The Labute approximate surface area is 160 Å². The molecule has 10 heteroatoms. The van der Waals surface area contributed by atoms with E-state index in [0.29, 0.717) is 5.56 Å². The van der Waals surface area contributed by atoms with Gasteiger partial charge in [-0.15, -0.1) is 0 Å². The number of sulfonamides is 1. The molecule has 2 aromatic carbocycles. The van der Waals surface area contributed by atoms with E-state index in [1.54, 1.807) is 13.0 Å². The first kappa shape index (κ1) is 20.8. The van der Waals surface area contributed by atoms with Gasteiger partial charge in [0.05, 0.1) is 16.3 Å². The molecule has 2 N–H and O–H groups in total. The maximum Gasteiger partial charge on any atom is 0.338 e. The van der Waals surface area contributed by atoms with Gasteiger partial charge in [-0.2, -0.15) is 0 Å². The quantitative estimate of drug-likeness (QED) is 0.707. The number of anilines is 1. The molecule has 7 nitrogen and oxygen atoms in total. The Kier molecular flexibility index (Phi) is 6.53. The first-order chi connectivity index (χ1) is 12.6. The summed E-state index contributed by atoms with van der Waals surface area (Å²) in [5.41, 5.74) is 0.532. The van der Waals surface area contributed by atoms with E-state index in [2.05, 4.69) is 10.0 Å². The zero-order valence-electron chi connectivity index (χ0n) is 14.4. The molecular weight excluding hydrogens is 399 g/mol. The number of halogens is 2. The molecule has 0 bridgehead atoms. The summed E-state index contributed by atoms with van der Waals surface area (Å²) >= 11 is 5.84. The average Bonchev–Trinajstić information content (AvgIpc) is 2.62. The summed E-state index contributed by atoms with van der Waals surface area (Å²) in [6, 6.07) is 7.77. The van der Waals surface area contributed by atoms with Crippen LogP contribution in [0.4, 0.5) is 10.1 Å². The van der Waals surface area contributed by atoms with E-state index in [1.807, 2.05) is 0 Å². The first-order valence-electron chi connectivity index (χ1n) is 7.60. The largest absolute Gasteiger partial charge is 0.452 e. The van der Waals surface area contributed by atoms with Crippen molar-refractivity contribution in [3.63, 3.8) is 0 Å². The van der Waals surface area contributed by atoms with Gasteiger partial charge in [0.15, 0.2) is 6.61 Å². The second-order valence-electron chi connectivity index (χ2n) is 5.46. The Morgan fingerprint density at radius 3 is 2.52 bits per heavy atom. The van der Waals surface area contributed by atoms with E-state index in [4.69, 9.17) is 16.3 Å². The second kappa shape index (κ2) is 8.47. The highest BCUT2D eigenvalue weighted by atomic mass is 35.5. The Morgan fingerprint density at radius 2 is 1.89 bits per heavy atom. The van der Waals surface area contributed by atoms with Crippen LogP contribution in [0.15, 0.2) is 41.3 Å². The topological polar surface area (TPSA) is 102 Å². The number of aryl methyl sites for hydroxylation is 1. The van der Waals surface area contributed by atoms with Crippen molar-refractivity contribution in [2.24, 2.45) is 0 Å². The smallest absolute Gasteiger partial charge is 0.338 e. The van der Waals surface area contributed by atoms with Crippen LogP contribution in [0.25, 0.3) is 0 Å². The highest BCUT2D eigenvalue weighted by Crippen LogP contribution is 2.23. The lowest BCUT2D eigenvalue weighted by Crippen LogP contribution is -2.22. The third-order valence-corrected chi connectivity index (χ3v) is 5.35. The first-order valence-corrected chi connectivity index (χ1v) is 9.46. The van der Waals surface area contributed by atoms with Gasteiger partial charge in [-0.1, -0.05) is 17.7 Å². The number of ether oxygens (including phenoxy) is 1. The van der Waals surface area contributed by atoms with Crippen molar-refractivity contribution in [2.45, 2.75) is 11.8 Å². The summed E-state index contributed by atoms with van der Waals surface area (Å²) in [7, 11) is -2.68. The van der Waals surface area contributed by atoms with Gasteiger partial charge in [0, 0.05) is 0 Å². The molecule has 0 saturated heterocycles. The van der Waals surface area contributed by atoms with Crippen molar-refractivity contribution < 1.29 is 27.1 Å². The van der Waals surface area contributed by atoms with Crippen LogP contribution in [0.3, 0.4) is 0 Å². The molecule has 0 aliphatic carbocycles. The summed E-state index contributed by atoms with van der Waals surface area (Å²) in [6.45, 7) is 1.02. The molecule has 0 heterocycles. The third kappa shape index (κ3) is 5.25. The molecular formula is C17H16ClFN2O5S. The number of amides is 1. The normalized spacial score (nSPS) is 11.1. The molecule has 0 fully saturated rings. The minimum absolute atomic E-state index is 0.0458. The van der Waals surface area contributed by atoms with Crippen LogP contribution < -0.4 is 10.0 Å². The van der Waals surface area contributed by atoms with Crippen molar-refractivity contribution in [3.8, 4) is 0 Å². The van der Waals surface area contributed by atoms with Gasteiger partial charge in [-0.25, -0.2) is 22.3 Å². The highest BCUT2D eigenvalue weighted by molar-refractivity contribution is 7.89. The van der Waals surface area contributed by atoms with Crippen molar-refractivity contribution in [1.29, 1.82) is 0 Å². The van der Waals surface area contributed by atoms with Crippen LogP contribution >= 0.6 is 11.6 Å². The maximum atomic E-state index is 13.7. The van der Waals surface area contributed by atoms with E-state index in [0.717, 1.165) is 6.07 Å². The number of carbonyl (C=O) groups is 2. The Balaban J connectivity index is 2.05. The predicted octanol–water partition coefficient (Wildman–Crippen LogP) is 2.49. The van der Waals surface area contributed by atoms with Crippen molar-refractivity contribution >= 4 is 39.2 Å². The molecule has 2 rings (SSSR count). The molecule has 0 saturated carbocycles. The molecule has 2 aromatic rings. The summed E-state index contributed by atoms with van der Waals surface area (Å²) in [5, 5.41) is 2.20. The summed E-state index contributed by atoms with van der Waals surface area (Å²) in [5.74, 6) is -2.30. The monoisotopic (exact) mass is 414 g/mol. The average molecular weight is 415 g/mol. The third-order valence-electron chi connectivity index (χ3n) is 3.46. The molecule has 0 aromatic heterocycles. The highest BCUT2D eigenvalue weighted by Gasteiger charge is 2.19. The van der Waals surface area contributed by atoms with Crippen molar-refractivity contribution in [2.75, 3.05) is 19.0 Å². The summed E-state index contributed by atoms with van der Waals surface area (Å²) in [4.78, 5) is 23.6. The van der Waals surface area contributed by atoms with E-state index >= 15 is 0 Å². The fraction of sp³-hybridized carbons (Fsp3) is 0.176. The van der Waals surface area contributed by atoms with E-state index in [9.17, 15) is 22.4 Å². The molecule has 0 aliphatic heterocycles. The molecule has 0 unspecified atom stereocenters. The fourth-order valence-electron chi connectivity index (χ4n) is 2.07. The lowest BCUT2D eigenvalue weighted by molar-refractivity contribution is -0.119. The van der Waals surface area contributed by atoms with E-state index in [-0.39, 0.29) is 21.2 Å². The van der Waals surface area contributed by atoms with Gasteiger partial charge in [0.25, 0.3) is 5.91 Å². The summed E-state index contributed by atoms with van der Waals surface area (Å²) in [6.07, 6.45) is 0. The standard InChI is InChI=1S/C17H16ClFN2O5S/c1-10-3-6-14(13(19)7-10)21-16(22)9-26-17(23)11-4-5-12(18)15(8-11)27(24,25)20-2/h3-8,20H,9H2,1-2H3,(H,21,22). The number of hydrogen-bond acceptors (Lipinski definition) is 5. The van der Waals surface area contributed by atoms with Crippen LogP contribution in [-0.2, 0) is 19.6 Å². The molecule has 0 spiro atoms. The number of hydrogen-bond donors (Lipinski definition) is 2. The lowest BCUT2D eigenvalue weighted by atomic mass is 10.2.